The number of hydrogen-bond donors (Lipinski definition) is 1. The number of pyridine rings is 1. The van der Waals surface area contributed by atoms with E-state index in [0.717, 1.165) is 39.2 Å². The third-order valence-corrected chi connectivity index (χ3v) is 9.13. The number of thiazole rings is 2. The SMILES string of the molecule is Cc1nc(C)c(-c2csc(Nc3ccc(C(=O)N4[C@@H]5CC[C@H]4CN(S(C)(=O)=O)C5)cn3)n2)s1. The fourth-order valence-electron chi connectivity index (χ4n) is 4.52. The zero-order valence-corrected chi connectivity index (χ0v) is 20.9. The van der Waals surface area contributed by atoms with Crippen LogP contribution in [0.1, 0.15) is 33.9 Å². The topological polar surface area (TPSA) is 108 Å². The zero-order chi connectivity index (χ0) is 23.3. The zero-order valence-electron chi connectivity index (χ0n) is 18.5. The maximum atomic E-state index is 13.2. The van der Waals surface area contributed by atoms with Crippen molar-refractivity contribution in [1.82, 2.24) is 24.2 Å². The maximum absolute atomic E-state index is 13.2. The van der Waals surface area contributed by atoms with Gasteiger partial charge in [-0.25, -0.2) is 23.4 Å². The molecule has 0 unspecified atom stereocenters. The van der Waals surface area contributed by atoms with E-state index in [9.17, 15) is 13.2 Å². The Morgan fingerprint density at radius 1 is 1.15 bits per heavy atom. The Hall–Kier alpha value is -2.41. The standard InChI is InChI=1S/C21H24N6O3S3/c1-12-19(32-13(2)23-12)17-11-31-21(24-17)25-18-7-4-14(8-22-18)20(28)27-15-5-6-16(27)10-26(9-15)33(3,29)30/h4,7-8,11,15-16H,5-6,9-10H2,1-3H3,(H,22,24,25)/t15-,16+. The molecule has 1 N–H and O–H groups in total. The number of amides is 1. The number of nitrogens with one attached hydrogen (secondary N) is 1. The molecule has 2 atom stereocenters. The van der Waals surface area contributed by atoms with Crippen LogP contribution in [0.15, 0.2) is 23.7 Å². The Kier molecular flexibility index (Phi) is 5.71. The van der Waals surface area contributed by atoms with E-state index in [4.69, 9.17) is 0 Å². The van der Waals surface area contributed by atoms with Crippen molar-refractivity contribution in [3.8, 4) is 10.6 Å². The van der Waals surface area contributed by atoms with Crippen LogP contribution in [0, 0.1) is 13.8 Å². The molecule has 0 spiro atoms. The summed E-state index contributed by atoms with van der Waals surface area (Å²) in [7, 11) is -3.25. The molecule has 33 heavy (non-hydrogen) atoms. The van der Waals surface area contributed by atoms with Crippen LogP contribution in [0.5, 0.6) is 0 Å². The molecule has 0 radical (unpaired) electrons. The van der Waals surface area contributed by atoms with Gasteiger partial charge in [0.2, 0.25) is 10.0 Å². The molecule has 0 aliphatic carbocycles. The number of fused-ring (bicyclic) bond motifs is 2. The molecule has 5 rings (SSSR count). The van der Waals surface area contributed by atoms with Crippen molar-refractivity contribution >= 4 is 49.6 Å². The van der Waals surface area contributed by atoms with Gasteiger partial charge < -0.3 is 10.2 Å². The van der Waals surface area contributed by atoms with E-state index in [1.54, 1.807) is 29.7 Å². The van der Waals surface area contributed by atoms with Crippen LogP contribution in [-0.4, -0.2) is 69.9 Å². The summed E-state index contributed by atoms with van der Waals surface area (Å²) >= 11 is 3.11. The van der Waals surface area contributed by atoms with E-state index in [-0.39, 0.29) is 18.0 Å². The minimum atomic E-state index is -3.25. The number of nitrogens with zero attached hydrogens (tertiary/aromatic N) is 5. The number of carbonyl (C=O) groups is 1. The molecule has 0 saturated carbocycles. The third-order valence-electron chi connectivity index (χ3n) is 6.04. The highest BCUT2D eigenvalue weighted by atomic mass is 32.2. The number of sulfonamides is 1. The second-order valence-electron chi connectivity index (χ2n) is 8.42. The third kappa shape index (κ3) is 4.39. The fraction of sp³-hybridized carbons (Fsp3) is 0.429. The minimum absolute atomic E-state index is 0.0867. The second kappa shape index (κ2) is 8.42. The van der Waals surface area contributed by atoms with Crippen molar-refractivity contribution in [2.45, 2.75) is 38.8 Å². The van der Waals surface area contributed by atoms with Gasteiger partial charge >= 0.3 is 0 Å². The van der Waals surface area contributed by atoms with E-state index >= 15 is 0 Å². The van der Waals surface area contributed by atoms with Crippen molar-refractivity contribution in [3.05, 3.63) is 40.0 Å². The summed E-state index contributed by atoms with van der Waals surface area (Å²) in [6.45, 7) is 4.69. The number of aromatic nitrogens is 3. The summed E-state index contributed by atoms with van der Waals surface area (Å²) in [5.74, 6) is 0.511. The van der Waals surface area contributed by atoms with Gasteiger partial charge in [0.05, 0.1) is 33.1 Å². The predicted octanol–water partition coefficient (Wildman–Crippen LogP) is 3.27. The molecule has 12 heteroatoms. The first-order valence-corrected chi connectivity index (χ1v) is 14.1. The van der Waals surface area contributed by atoms with E-state index < -0.39 is 10.0 Å². The minimum Gasteiger partial charge on any atom is -0.330 e. The van der Waals surface area contributed by atoms with E-state index in [2.05, 4.69) is 20.3 Å². The number of aryl methyl sites for hydroxylation is 2. The number of hydrogen-bond acceptors (Lipinski definition) is 9. The molecular weight excluding hydrogens is 480 g/mol. The number of anilines is 2. The molecule has 3 aromatic heterocycles. The molecule has 0 aromatic carbocycles. The van der Waals surface area contributed by atoms with E-state index in [1.807, 2.05) is 24.1 Å². The number of carbonyl (C=O) groups excluding carboxylic acids is 1. The molecule has 2 saturated heterocycles. The summed E-state index contributed by atoms with van der Waals surface area (Å²) in [5.41, 5.74) is 2.36. The highest BCUT2D eigenvalue weighted by Gasteiger charge is 2.44. The largest absolute Gasteiger partial charge is 0.330 e. The summed E-state index contributed by atoms with van der Waals surface area (Å²) in [5, 5.41) is 6.92. The Bertz CT molecular complexity index is 1290. The predicted molar refractivity (Wildman–Crippen MR) is 130 cm³/mol. The monoisotopic (exact) mass is 504 g/mol. The normalized spacial score (nSPS) is 20.9. The van der Waals surface area contributed by atoms with Crippen LogP contribution >= 0.6 is 22.7 Å². The second-order valence-corrected chi connectivity index (χ2v) is 12.5. The molecule has 1 amide bonds. The van der Waals surface area contributed by atoms with Crippen molar-refractivity contribution in [2.75, 3.05) is 24.7 Å². The van der Waals surface area contributed by atoms with Crippen LogP contribution in [-0.2, 0) is 10.0 Å². The summed E-state index contributed by atoms with van der Waals surface area (Å²) in [6, 6.07) is 3.35. The molecule has 2 bridgehead atoms. The lowest BCUT2D eigenvalue weighted by molar-refractivity contribution is 0.0542. The molecule has 2 aliphatic heterocycles. The molecule has 2 fully saturated rings. The maximum Gasteiger partial charge on any atom is 0.256 e. The van der Waals surface area contributed by atoms with Gasteiger partial charge in [0, 0.05) is 36.8 Å². The number of rotatable bonds is 5. The summed E-state index contributed by atoms with van der Waals surface area (Å²) in [4.78, 5) is 29.6. The van der Waals surface area contributed by atoms with Gasteiger partial charge in [-0.2, -0.15) is 4.31 Å². The van der Waals surface area contributed by atoms with Gasteiger partial charge in [-0.3, -0.25) is 4.79 Å². The van der Waals surface area contributed by atoms with Gasteiger partial charge in [-0.1, -0.05) is 0 Å². The lowest BCUT2D eigenvalue weighted by Crippen LogP contribution is -2.56. The Balaban J connectivity index is 1.27. The van der Waals surface area contributed by atoms with Gasteiger partial charge in [-0.05, 0) is 38.8 Å². The van der Waals surface area contributed by atoms with Crippen LogP contribution < -0.4 is 5.32 Å². The first-order chi connectivity index (χ1) is 15.7. The molecule has 174 valence electrons. The quantitative estimate of drug-likeness (QED) is 0.568. The molecule has 9 nitrogen and oxygen atoms in total. The van der Waals surface area contributed by atoms with Gasteiger partial charge in [-0.15, -0.1) is 22.7 Å². The van der Waals surface area contributed by atoms with E-state index in [0.29, 0.717) is 24.5 Å². The first-order valence-electron chi connectivity index (χ1n) is 10.6. The van der Waals surface area contributed by atoms with Gasteiger partial charge in [0.1, 0.15) is 5.82 Å². The Morgan fingerprint density at radius 2 is 1.88 bits per heavy atom. The highest BCUT2D eigenvalue weighted by Crippen LogP contribution is 2.34. The Morgan fingerprint density at radius 3 is 2.45 bits per heavy atom. The molecule has 5 heterocycles. The van der Waals surface area contributed by atoms with Crippen LogP contribution in [0.4, 0.5) is 10.9 Å². The average molecular weight is 505 g/mol. The lowest BCUT2D eigenvalue weighted by atomic mass is 10.1. The average Bonchev–Trinajstić information content (AvgIpc) is 3.42. The Labute approximate surface area is 200 Å². The molecule has 2 aliphatic rings. The fourth-order valence-corrected chi connectivity index (χ4v) is 7.07. The van der Waals surface area contributed by atoms with Crippen LogP contribution in [0.25, 0.3) is 10.6 Å². The highest BCUT2D eigenvalue weighted by molar-refractivity contribution is 7.88. The first kappa shape index (κ1) is 22.4. The van der Waals surface area contributed by atoms with Gasteiger partial charge in [0.25, 0.3) is 5.91 Å². The summed E-state index contributed by atoms with van der Waals surface area (Å²) < 4.78 is 25.4. The summed E-state index contributed by atoms with van der Waals surface area (Å²) in [6.07, 6.45) is 4.43. The van der Waals surface area contributed by atoms with Crippen molar-refractivity contribution < 1.29 is 13.2 Å². The van der Waals surface area contributed by atoms with Crippen molar-refractivity contribution in [1.29, 1.82) is 0 Å². The van der Waals surface area contributed by atoms with Gasteiger partial charge in [0.15, 0.2) is 5.13 Å². The van der Waals surface area contributed by atoms with Crippen molar-refractivity contribution in [3.63, 3.8) is 0 Å². The van der Waals surface area contributed by atoms with Crippen LogP contribution in [0.3, 0.4) is 0 Å². The van der Waals surface area contributed by atoms with E-state index in [1.165, 1.54) is 21.9 Å². The van der Waals surface area contributed by atoms with Crippen molar-refractivity contribution in [2.24, 2.45) is 0 Å². The molecule has 3 aromatic rings. The smallest absolute Gasteiger partial charge is 0.256 e. The lowest BCUT2D eigenvalue weighted by Gasteiger charge is -2.39. The van der Waals surface area contributed by atoms with Crippen LogP contribution in [0.2, 0.25) is 0 Å². The molecular formula is C21H24N6O3S3. The number of piperazine rings is 1.